The summed E-state index contributed by atoms with van der Waals surface area (Å²) >= 11 is 0. The Kier molecular flexibility index (Phi) is 9.00. The molecule has 4 aromatic rings. The summed E-state index contributed by atoms with van der Waals surface area (Å²) in [5, 5.41) is 0. The van der Waals surface area contributed by atoms with Crippen LogP contribution in [-0.2, 0) is 16.6 Å². The predicted octanol–water partition coefficient (Wildman–Crippen LogP) is 6.57. The summed E-state index contributed by atoms with van der Waals surface area (Å²) in [5.41, 5.74) is 4.09. The van der Waals surface area contributed by atoms with Crippen LogP contribution in [0.4, 0.5) is 11.8 Å². The maximum Gasteiger partial charge on any atom is 0.264 e. The van der Waals surface area contributed by atoms with Crippen molar-refractivity contribution >= 4 is 27.7 Å². The number of benzene rings is 2. The van der Waals surface area contributed by atoms with E-state index in [1.54, 1.807) is 29.3 Å². The third kappa shape index (κ3) is 7.03. The Labute approximate surface area is 294 Å². The molecular weight excluding hydrogens is 651 g/mol. The summed E-state index contributed by atoms with van der Waals surface area (Å²) in [6.45, 7) is 11.6. The minimum Gasteiger partial charge on any atom is -0.475 e. The van der Waals surface area contributed by atoms with E-state index in [-0.39, 0.29) is 46.8 Å². The second-order valence-electron chi connectivity index (χ2n) is 15.1. The van der Waals surface area contributed by atoms with E-state index in [4.69, 9.17) is 9.72 Å². The minimum atomic E-state index is -4.17. The van der Waals surface area contributed by atoms with E-state index in [2.05, 4.69) is 45.3 Å². The highest BCUT2D eigenvalue weighted by Crippen LogP contribution is 2.41. The highest BCUT2D eigenvalue weighted by Gasteiger charge is 2.39. The Morgan fingerprint density at radius 3 is 2.48 bits per heavy atom. The predicted molar refractivity (Wildman–Crippen MR) is 193 cm³/mol. The van der Waals surface area contributed by atoms with E-state index in [0.717, 1.165) is 41.9 Å². The molecule has 2 fully saturated rings. The molecule has 50 heavy (non-hydrogen) atoms. The number of aryl methyl sites for hydroxylation is 2. The maximum atomic E-state index is 14.6. The molecule has 11 nitrogen and oxygen atoms in total. The molecule has 3 aliphatic rings. The SMILES string of the molecule is Cc1cccc(C)c1-c1cc2nc(n1)NS(=O)(=O)c1cccc(c1)C(=O)N(Cc1cncc(N3CCC[C@H]4CC[C@H]43)n1)[C@H](CC(C)(C)C)CO2. The van der Waals surface area contributed by atoms with Gasteiger partial charge in [0.05, 0.1) is 41.3 Å². The summed E-state index contributed by atoms with van der Waals surface area (Å²) in [6.07, 6.45) is 8.95. The number of hydrogen-bond donors (Lipinski definition) is 1. The average molecular weight is 696 g/mol. The number of nitrogens with zero attached hydrogens (tertiary/aromatic N) is 6. The smallest absolute Gasteiger partial charge is 0.264 e. The van der Waals surface area contributed by atoms with Gasteiger partial charge < -0.3 is 14.5 Å². The highest BCUT2D eigenvalue weighted by atomic mass is 32.2. The van der Waals surface area contributed by atoms with Crippen LogP contribution in [0.25, 0.3) is 11.3 Å². The maximum absolute atomic E-state index is 14.6. The zero-order valence-corrected chi connectivity index (χ0v) is 30.2. The van der Waals surface area contributed by atoms with Crippen molar-refractivity contribution < 1.29 is 17.9 Å². The number of hydrogen-bond acceptors (Lipinski definition) is 9. The zero-order valence-electron chi connectivity index (χ0n) is 29.4. The number of nitrogens with one attached hydrogen (secondary N) is 1. The summed E-state index contributed by atoms with van der Waals surface area (Å²) in [6, 6.07) is 13.8. The van der Waals surface area contributed by atoms with Gasteiger partial charge in [0.1, 0.15) is 12.4 Å². The first-order chi connectivity index (χ1) is 23.8. The van der Waals surface area contributed by atoms with Gasteiger partial charge in [-0.05, 0) is 86.6 Å². The van der Waals surface area contributed by atoms with Gasteiger partial charge in [-0.2, -0.15) is 4.98 Å². The van der Waals surface area contributed by atoms with Gasteiger partial charge in [-0.1, -0.05) is 45.0 Å². The van der Waals surface area contributed by atoms with Gasteiger partial charge in [0, 0.05) is 29.8 Å². The summed E-state index contributed by atoms with van der Waals surface area (Å²) in [4.78, 5) is 37.4. The van der Waals surface area contributed by atoms with Crippen LogP contribution in [0, 0.1) is 25.2 Å². The molecule has 4 bridgehead atoms. The number of ether oxygens (including phenoxy) is 1. The summed E-state index contributed by atoms with van der Waals surface area (Å²) in [5.74, 6) is 1.31. The van der Waals surface area contributed by atoms with Gasteiger partial charge in [-0.15, -0.1) is 0 Å². The Morgan fingerprint density at radius 2 is 1.74 bits per heavy atom. The van der Waals surface area contributed by atoms with Crippen molar-refractivity contribution in [3.63, 3.8) is 0 Å². The number of rotatable bonds is 5. The first kappa shape index (κ1) is 33.9. The third-order valence-electron chi connectivity index (χ3n) is 10.1. The van der Waals surface area contributed by atoms with E-state index in [1.807, 2.05) is 38.2 Å². The van der Waals surface area contributed by atoms with E-state index in [0.29, 0.717) is 29.8 Å². The van der Waals surface area contributed by atoms with Crippen LogP contribution < -0.4 is 14.4 Å². The zero-order chi connectivity index (χ0) is 35.2. The standard InChI is InChI=1S/C38H45N7O4S/c1-24-9-6-10-25(2)35(24)31-18-34-42-37(41-31)43-50(47,48)30-13-7-11-27(17-30)36(46)45(29(23-49-34)19-38(3,4)5)22-28-20-39-21-33(40-28)44-16-8-12-26-14-15-32(26)44/h6-7,9-11,13,17-18,20-21,26,29,32H,8,12,14-16,19,22-23H2,1-5H3,(H,41,42,43)/t26-,29+,32+/m0/s1. The minimum absolute atomic E-state index is 0.0691. The number of aromatic nitrogens is 4. The molecule has 262 valence electrons. The van der Waals surface area contributed by atoms with E-state index in [1.165, 1.54) is 25.0 Å². The molecule has 1 amide bonds. The largest absolute Gasteiger partial charge is 0.475 e. The van der Waals surface area contributed by atoms with Crippen molar-refractivity contribution in [3.8, 4) is 17.1 Å². The van der Waals surface area contributed by atoms with E-state index >= 15 is 0 Å². The van der Waals surface area contributed by atoms with Crippen LogP contribution in [0.5, 0.6) is 5.88 Å². The molecule has 1 aliphatic carbocycles. The lowest BCUT2D eigenvalue weighted by atomic mass is 9.73. The average Bonchev–Trinajstić information content (AvgIpc) is 3.05. The third-order valence-corrected chi connectivity index (χ3v) is 11.4. The number of carbonyl (C=O) groups excluding carboxylic acids is 1. The Hall–Kier alpha value is -4.58. The second-order valence-corrected chi connectivity index (χ2v) is 16.8. The first-order valence-corrected chi connectivity index (χ1v) is 18.9. The molecule has 2 aliphatic heterocycles. The number of anilines is 2. The van der Waals surface area contributed by atoms with Gasteiger partial charge in [0.15, 0.2) is 0 Å². The van der Waals surface area contributed by atoms with Crippen LogP contribution in [0.1, 0.15) is 80.1 Å². The van der Waals surface area contributed by atoms with E-state index < -0.39 is 16.1 Å². The van der Waals surface area contributed by atoms with Gasteiger partial charge in [0.25, 0.3) is 15.9 Å². The molecule has 2 aromatic carbocycles. The molecule has 7 rings (SSSR count). The van der Waals surface area contributed by atoms with Crippen LogP contribution in [0.2, 0.25) is 0 Å². The lowest BCUT2D eigenvalue weighted by Crippen LogP contribution is -2.51. The molecule has 1 saturated heterocycles. The molecule has 3 atom stereocenters. The molecule has 2 aromatic heterocycles. The fourth-order valence-corrected chi connectivity index (χ4v) is 8.59. The Balaban J connectivity index is 1.31. The molecule has 12 heteroatoms. The molecule has 0 radical (unpaired) electrons. The fraction of sp³-hybridized carbons (Fsp3) is 0.447. The molecule has 4 heterocycles. The van der Waals surface area contributed by atoms with Crippen molar-refractivity contribution in [3.05, 3.63) is 83.3 Å². The second kappa shape index (κ2) is 13.3. The normalized spacial score (nSPS) is 21.8. The van der Waals surface area contributed by atoms with Crippen LogP contribution in [0.15, 0.2) is 65.8 Å². The molecule has 1 N–H and O–H groups in total. The van der Waals surface area contributed by atoms with Gasteiger partial charge in [0.2, 0.25) is 11.8 Å². The van der Waals surface area contributed by atoms with Gasteiger partial charge in [-0.3, -0.25) is 9.78 Å². The molecular formula is C38H45N7O4S. The van der Waals surface area contributed by atoms with E-state index in [9.17, 15) is 13.2 Å². The topological polar surface area (TPSA) is 131 Å². The molecule has 1 saturated carbocycles. The molecule has 0 unspecified atom stereocenters. The van der Waals surface area contributed by atoms with Crippen LogP contribution in [0.3, 0.4) is 0 Å². The van der Waals surface area contributed by atoms with Crippen molar-refractivity contribution in [1.82, 2.24) is 24.8 Å². The lowest BCUT2D eigenvalue weighted by molar-refractivity contribution is 0.0509. The summed E-state index contributed by atoms with van der Waals surface area (Å²) in [7, 11) is -4.17. The van der Waals surface area contributed by atoms with Crippen molar-refractivity contribution in [2.45, 2.75) is 90.2 Å². The first-order valence-electron chi connectivity index (χ1n) is 17.4. The van der Waals surface area contributed by atoms with Crippen LogP contribution >= 0.6 is 0 Å². The van der Waals surface area contributed by atoms with Crippen molar-refractivity contribution in [2.75, 3.05) is 22.8 Å². The highest BCUT2D eigenvalue weighted by molar-refractivity contribution is 7.92. The number of sulfonamides is 1. The van der Waals surface area contributed by atoms with Crippen molar-refractivity contribution in [1.29, 1.82) is 0 Å². The Bertz CT molecular complexity index is 2010. The quantitative estimate of drug-likeness (QED) is 0.246. The summed E-state index contributed by atoms with van der Waals surface area (Å²) < 4.78 is 36.5. The van der Waals surface area contributed by atoms with Gasteiger partial charge in [-0.25, -0.2) is 23.1 Å². The molecule has 0 spiro atoms. The number of carbonyl (C=O) groups is 1. The monoisotopic (exact) mass is 695 g/mol. The number of fused-ring (bicyclic) bond motifs is 5. The fourth-order valence-electron chi connectivity index (χ4n) is 7.60. The van der Waals surface area contributed by atoms with Crippen molar-refractivity contribution in [2.24, 2.45) is 11.3 Å². The van der Waals surface area contributed by atoms with Gasteiger partial charge >= 0.3 is 0 Å². The number of piperidine rings is 1. The van der Waals surface area contributed by atoms with Crippen LogP contribution in [-0.4, -0.2) is 64.4 Å². The Morgan fingerprint density at radius 1 is 0.960 bits per heavy atom. The lowest BCUT2D eigenvalue weighted by Gasteiger charge is -2.49. The number of amides is 1.